The van der Waals surface area contributed by atoms with Gasteiger partial charge in [0.25, 0.3) is 5.91 Å². The molecule has 0 saturated heterocycles. The van der Waals surface area contributed by atoms with Gasteiger partial charge in [0.1, 0.15) is 5.78 Å². The van der Waals surface area contributed by atoms with Gasteiger partial charge in [0.15, 0.2) is 0 Å². The molecule has 1 atom stereocenters. The van der Waals surface area contributed by atoms with Gasteiger partial charge < -0.3 is 5.32 Å². The smallest absolute Gasteiger partial charge is 0.252 e. The maximum absolute atomic E-state index is 13.1. The average Bonchev–Trinajstić information content (AvgIpc) is 3.65. The number of ketones is 1. The number of tetrazole rings is 1. The molecule has 1 unspecified atom stereocenters. The van der Waals surface area contributed by atoms with Crippen molar-refractivity contribution >= 4 is 34.8 Å². The van der Waals surface area contributed by atoms with Crippen LogP contribution in [-0.2, 0) is 24.1 Å². The van der Waals surface area contributed by atoms with Crippen LogP contribution in [0, 0.1) is 11.8 Å². The van der Waals surface area contributed by atoms with Crippen LogP contribution < -0.4 is 5.32 Å². The molecule has 1 amide bonds. The Hall–Kier alpha value is -1.74. The van der Waals surface area contributed by atoms with Crippen molar-refractivity contribution in [3.05, 3.63) is 20.9 Å². The Morgan fingerprint density at radius 1 is 1.24 bits per heavy atom. The molecule has 0 radical (unpaired) electrons. The quantitative estimate of drug-likeness (QED) is 0.647. The summed E-state index contributed by atoms with van der Waals surface area (Å²) >= 11 is 3.21. The van der Waals surface area contributed by atoms with Crippen molar-refractivity contribution in [3.63, 3.8) is 0 Å². The summed E-state index contributed by atoms with van der Waals surface area (Å²) in [4.78, 5) is 27.9. The summed E-state index contributed by atoms with van der Waals surface area (Å²) in [5, 5.41) is 16.1. The van der Waals surface area contributed by atoms with E-state index in [1.54, 1.807) is 11.3 Å². The van der Waals surface area contributed by atoms with Gasteiger partial charge >= 0.3 is 0 Å². The third-order valence-corrected chi connectivity index (χ3v) is 8.07. The highest BCUT2D eigenvalue weighted by Crippen LogP contribution is 2.40. The molecule has 0 bridgehead atoms. The molecule has 2 saturated carbocycles. The third kappa shape index (κ3) is 3.99. The molecule has 2 aromatic rings. The number of aromatic nitrogens is 4. The lowest BCUT2D eigenvalue weighted by molar-refractivity contribution is -0.119. The average molecular weight is 432 g/mol. The Kier molecular flexibility index (Phi) is 5.19. The molecule has 154 valence electrons. The van der Waals surface area contributed by atoms with E-state index in [0.29, 0.717) is 18.1 Å². The van der Waals surface area contributed by atoms with Gasteiger partial charge in [-0.3, -0.25) is 9.59 Å². The zero-order valence-electron chi connectivity index (χ0n) is 16.5. The highest BCUT2D eigenvalue weighted by atomic mass is 32.2. The molecule has 29 heavy (non-hydrogen) atoms. The highest BCUT2D eigenvalue weighted by Gasteiger charge is 2.35. The highest BCUT2D eigenvalue weighted by molar-refractivity contribution is 7.98. The molecule has 1 N–H and O–H groups in total. The van der Waals surface area contributed by atoms with Crippen LogP contribution >= 0.6 is 23.1 Å². The topological polar surface area (TPSA) is 89.8 Å². The number of carbonyl (C=O) groups is 2. The number of aryl methyl sites for hydroxylation is 1. The molecule has 3 aliphatic carbocycles. The number of thioether (sulfide) groups is 1. The Balaban J connectivity index is 1.44. The van der Waals surface area contributed by atoms with E-state index in [1.807, 2.05) is 10.9 Å². The standard InChI is InChI=1S/C20H25N5O2S2/c1-28-20-22-23-24-25(20)13-6-7-16-14(8-13)18(19(27)21-10-11-2-3-11)17(29-16)9-15(26)12-4-5-12/h11-13H,2-10H2,1H3,(H,21,27). The van der Waals surface area contributed by atoms with Gasteiger partial charge in [-0.25, -0.2) is 4.68 Å². The van der Waals surface area contributed by atoms with Crippen LogP contribution in [0.4, 0.5) is 0 Å². The number of amides is 1. The van der Waals surface area contributed by atoms with Gasteiger partial charge in [-0.05, 0) is 73.1 Å². The number of nitrogens with one attached hydrogen (secondary N) is 1. The van der Waals surface area contributed by atoms with E-state index in [1.165, 1.54) is 29.5 Å². The Morgan fingerprint density at radius 2 is 2.07 bits per heavy atom. The normalized spacial score (nSPS) is 21.1. The number of thiophene rings is 1. The molecule has 9 heteroatoms. The summed E-state index contributed by atoms with van der Waals surface area (Å²) < 4.78 is 1.90. The minimum atomic E-state index is -0.00421. The number of nitrogens with zero attached hydrogens (tertiary/aromatic N) is 4. The van der Waals surface area contributed by atoms with E-state index in [-0.39, 0.29) is 17.9 Å². The summed E-state index contributed by atoms with van der Waals surface area (Å²) in [6.07, 6.45) is 9.39. The Bertz CT molecular complexity index is 945. The predicted molar refractivity (Wildman–Crippen MR) is 111 cm³/mol. The van der Waals surface area contributed by atoms with E-state index < -0.39 is 0 Å². The molecular weight excluding hydrogens is 406 g/mol. The molecule has 0 spiro atoms. The van der Waals surface area contributed by atoms with Gasteiger partial charge in [0.2, 0.25) is 5.16 Å². The predicted octanol–water partition coefficient (Wildman–Crippen LogP) is 2.85. The summed E-state index contributed by atoms with van der Waals surface area (Å²) in [6, 6.07) is 0.150. The first-order chi connectivity index (χ1) is 14.1. The maximum atomic E-state index is 13.1. The van der Waals surface area contributed by atoms with Crippen LogP contribution in [-0.4, -0.2) is 44.7 Å². The number of hydrogen-bond donors (Lipinski definition) is 1. The third-order valence-electron chi connectivity index (χ3n) is 6.14. The minimum absolute atomic E-state index is 0.00421. The van der Waals surface area contributed by atoms with Crippen molar-refractivity contribution in [2.45, 2.75) is 62.6 Å². The lowest BCUT2D eigenvalue weighted by Crippen LogP contribution is -2.28. The van der Waals surface area contributed by atoms with Crippen LogP contribution in [0.25, 0.3) is 0 Å². The number of rotatable bonds is 8. The maximum Gasteiger partial charge on any atom is 0.252 e. The first-order valence-electron chi connectivity index (χ1n) is 10.4. The number of fused-ring (bicyclic) bond motifs is 1. The fourth-order valence-corrected chi connectivity index (χ4v) is 5.97. The van der Waals surface area contributed by atoms with Crippen LogP contribution in [0.3, 0.4) is 0 Å². The fourth-order valence-electron chi connectivity index (χ4n) is 4.12. The van der Waals surface area contributed by atoms with Gasteiger partial charge in [-0.1, -0.05) is 11.8 Å². The zero-order valence-corrected chi connectivity index (χ0v) is 18.2. The van der Waals surface area contributed by atoms with Gasteiger partial charge in [-0.15, -0.1) is 16.4 Å². The number of carbonyl (C=O) groups excluding carboxylic acids is 2. The zero-order chi connectivity index (χ0) is 20.0. The van der Waals surface area contributed by atoms with Crippen molar-refractivity contribution < 1.29 is 9.59 Å². The van der Waals surface area contributed by atoms with Gasteiger partial charge in [0, 0.05) is 28.6 Å². The van der Waals surface area contributed by atoms with Gasteiger partial charge in [-0.2, -0.15) is 0 Å². The molecule has 3 aliphatic rings. The molecule has 7 nitrogen and oxygen atoms in total. The van der Waals surface area contributed by atoms with Crippen LogP contribution in [0.1, 0.15) is 63.8 Å². The molecule has 2 fully saturated rings. The Morgan fingerprint density at radius 3 is 2.79 bits per heavy atom. The summed E-state index contributed by atoms with van der Waals surface area (Å²) in [5.74, 6) is 1.13. The van der Waals surface area contributed by atoms with Gasteiger partial charge in [0.05, 0.1) is 11.6 Å². The second kappa shape index (κ2) is 7.83. The SMILES string of the molecule is CSc1nnnn1C1CCc2sc(CC(=O)C3CC3)c(C(=O)NCC3CC3)c2C1. The second-order valence-electron chi connectivity index (χ2n) is 8.38. The van der Waals surface area contributed by atoms with Crippen molar-refractivity contribution in [1.29, 1.82) is 0 Å². The number of hydrogen-bond acceptors (Lipinski definition) is 7. The van der Waals surface area contributed by atoms with Crippen molar-refractivity contribution in [2.75, 3.05) is 12.8 Å². The first-order valence-corrected chi connectivity index (χ1v) is 12.4. The number of Topliss-reactive ketones (excluding diaryl/α,β-unsaturated/α-hetero) is 1. The van der Waals surface area contributed by atoms with E-state index in [2.05, 4.69) is 20.8 Å². The second-order valence-corrected chi connectivity index (χ2v) is 10.3. The Labute approximate surface area is 178 Å². The molecule has 0 aromatic carbocycles. The van der Waals surface area contributed by atoms with E-state index in [9.17, 15) is 9.59 Å². The largest absolute Gasteiger partial charge is 0.352 e. The van der Waals surface area contributed by atoms with Crippen molar-refractivity contribution in [2.24, 2.45) is 11.8 Å². The van der Waals surface area contributed by atoms with Crippen molar-refractivity contribution in [3.8, 4) is 0 Å². The molecule has 2 heterocycles. The van der Waals surface area contributed by atoms with E-state index in [4.69, 9.17) is 0 Å². The minimum Gasteiger partial charge on any atom is -0.352 e. The molecule has 2 aromatic heterocycles. The summed E-state index contributed by atoms with van der Waals surface area (Å²) in [5.41, 5.74) is 1.88. The summed E-state index contributed by atoms with van der Waals surface area (Å²) in [6.45, 7) is 0.743. The molecular formula is C20H25N5O2S2. The fraction of sp³-hybridized carbons (Fsp3) is 0.650. The van der Waals surface area contributed by atoms with E-state index in [0.717, 1.165) is 59.8 Å². The van der Waals surface area contributed by atoms with Crippen LogP contribution in [0.5, 0.6) is 0 Å². The first kappa shape index (κ1) is 19.2. The molecule has 0 aliphatic heterocycles. The summed E-state index contributed by atoms with van der Waals surface area (Å²) in [7, 11) is 0. The monoisotopic (exact) mass is 431 g/mol. The lowest BCUT2D eigenvalue weighted by atomic mass is 9.90. The van der Waals surface area contributed by atoms with E-state index >= 15 is 0 Å². The lowest BCUT2D eigenvalue weighted by Gasteiger charge is -2.23. The van der Waals surface area contributed by atoms with Crippen LogP contribution in [0.15, 0.2) is 5.16 Å². The van der Waals surface area contributed by atoms with Crippen LogP contribution in [0.2, 0.25) is 0 Å². The molecule has 5 rings (SSSR count). The van der Waals surface area contributed by atoms with Crippen molar-refractivity contribution in [1.82, 2.24) is 25.5 Å².